The van der Waals surface area contributed by atoms with Crippen molar-refractivity contribution in [3.8, 4) is 11.4 Å². The van der Waals surface area contributed by atoms with Crippen molar-refractivity contribution in [1.29, 1.82) is 0 Å². The van der Waals surface area contributed by atoms with Crippen molar-refractivity contribution in [2.45, 2.75) is 18.2 Å². The molecule has 4 nitrogen and oxygen atoms in total. The maximum atomic E-state index is 5.23. The minimum Gasteiger partial charge on any atom is -0.338 e. The summed E-state index contributed by atoms with van der Waals surface area (Å²) in [6.07, 6.45) is 2.68. The maximum Gasteiger partial charge on any atom is 0.240 e. The zero-order chi connectivity index (χ0) is 12.5. The van der Waals surface area contributed by atoms with Crippen molar-refractivity contribution >= 4 is 37.5 Å². The molecule has 0 radical (unpaired) electrons. The van der Waals surface area contributed by atoms with Crippen molar-refractivity contribution in [2.75, 3.05) is 0 Å². The van der Waals surface area contributed by atoms with Crippen molar-refractivity contribution < 1.29 is 4.52 Å². The molecule has 0 aliphatic rings. The number of alkyl halides is 1. The van der Waals surface area contributed by atoms with E-state index in [1.54, 1.807) is 17.5 Å². The van der Waals surface area contributed by atoms with Gasteiger partial charge in [0.25, 0.3) is 0 Å². The van der Waals surface area contributed by atoms with Gasteiger partial charge in [0.15, 0.2) is 0 Å². The number of hydrogen-bond acceptors (Lipinski definition) is 5. The zero-order valence-corrected chi connectivity index (χ0v) is 12.0. The summed E-state index contributed by atoms with van der Waals surface area (Å²) in [5.41, 5.74) is 1.88. The van der Waals surface area contributed by atoms with E-state index >= 15 is 0 Å². The fraction of sp³-hybridized carbons (Fsp3) is 0.250. The second-order valence-corrected chi connectivity index (χ2v) is 5.91. The smallest absolute Gasteiger partial charge is 0.240 e. The van der Waals surface area contributed by atoms with Gasteiger partial charge < -0.3 is 4.52 Å². The van der Waals surface area contributed by atoms with Gasteiger partial charge in [0.1, 0.15) is 0 Å². The Labute approximate surface area is 116 Å². The topological polar surface area (TPSA) is 51.8 Å². The van der Waals surface area contributed by atoms with E-state index in [0.717, 1.165) is 22.2 Å². The molecule has 0 aliphatic heterocycles. The van der Waals surface area contributed by atoms with Gasteiger partial charge in [-0.2, -0.15) is 4.98 Å². The van der Waals surface area contributed by atoms with Crippen LogP contribution in [0.25, 0.3) is 21.6 Å². The van der Waals surface area contributed by atoms with Gasteiger partial charge in [0.2, 0.25) is 11.7 Å². The fourth-order valence-electron chi connectivity index (χ4n) is 1.62. The van der Waals surface area contributed by atoms with E-state index in [4.69, 9.17) is 4.52 Å². The third-order valence-electron chi connectivity index (χ3n) is 2.63. The molecule has 0 spiro atoms. The van der Waals surface area contributed by atoms with Gasteiger partial charge in [-0.25, -0.2) is 0 Å². The normalized spacial score (nSPS) is 13.0. The first kappa shape index (κ1) is 11.8. The molecule has 0 aliphatic carbocycles. The van der Waals surface area contributed by atoms with Crippen LogP contribution in [0.2, 0.25) is 0 Å². The highest BCUT2D eigenvalue weighted by Crippen LogP contribution is 2.28. The van der Waals surface area contributed by atoms with E-state index < -0.39 is 0 Å². The molecule has 0 fully saturated rings. The highest BCUT2D eigenvalue weighted by atomic mass is 79.9. The largest absolute Gasteiger partial charge is 0.338 e. The molecule has 0 amide bonds. The standard InChI is InChI=1S/C12H10BrN3OS/c1-2-8(13)12-15-11(16-17-12)7-5-10-9(14-6-7)3-4-18-10/h3-6,8H,2H2,1H3. The lowest BCUT2D eigenvalue weighted by Crippen LogP contribution is -1.88. The molecule has 3 aromatic heterocycles. The van der Waals surface area contributed by atoms with Gasteiger partial charge >= 0.3 is 0 Å². The minimum absolute atomic E-state index is 0.108. The number of halogens is 1. The van der Waals surface area contributed by atoms with Gasteiger partial charge in [0, 0.05) is 11.8 Å². The van der Waals surface area contributed by atoms with Crippen LogP contribution in [0.15, 0.2) is 28.2 Å². The van der Waals surface area contributed by atoms with Crippen LogP contribution in [0.5, 0.6) is 0 Å². The van der Waals surface area contributed by atoms with Gasteiger partial charge in [-0.05, 0) is 23.9 Å². The number of aromatic nitrogens is 3. The van der Waals surface area contributed by atoms with Crippen LogP contribution in [-0.4, -0.2) is 15.1 Å². The Morgan fingerprint density at radius 3 is 3.22 bits per heavy atom. The predicted octanol–water partition coefficient (Wildman–Crippen LogP) is 4.19. The highest BCUT2D eigenvalue weighted by molar-refractivity contribution is 9.09. The molecule has 0 aromatic carbocycles. The summed E-state index contributed by atoms with van der Waals surface area (Å²) in [5, 5.41) is 6.02. The maximum absolute atomic E-state index is 5.23. The molecule has 1 unspecified atom stereocenters. The quantitative estimate of drug-likeness (QED) is 0.678. The number of pyridine rings is 1. The Kier molecular flexibility index (Phi) is 3.13. The number of thiophene rings is 1. The van der Waals surface area contributed by atoms with E-state index in [2.05, 4.69) is 38.0 Å². The minimum atomic E-state index is 0.108. The average molecular weight is 324 g/mol. The molecule has 1 atom stereocenters. The van der Waals surface area contributed by atoms with Gasteiger partial charge in [-0.15, -0.1) is 11.3 Å². The lowest BCUT2D eigenvalue weighted by molar-refractivity contribution is 0.377. The van der Waals surface area contributed by atoms with Crippen molar-refractivity contribution in [2.24, 2.45) is 0 Å². The first-order valence-electron chi connectivity index (χ1n) is 5.59. The second kappa shape index (κ2) is 4.78. The molecule has 3 heterocycles. The first-order chi connectivity index (χ1) is 8.78. The summed E-state index contributed by atoms with van der Waals surface area (Å²) >= 11 is 5.15. The van der Waals surface area contributed by atoms with Crippen LogP contribution in [-0.2, 0) is 0 Å². The Morgan fingerprint density at radius 1 is 1.50 bits per heavy atom. The summed E-state index contributed by atoms with van der Waals surface area (Å²) in [7, 11) is 0. The molecule has 3 aromatic rings. The van der Waals surface area contributed by atoms with E-state index in [9.17, 15) is 0 Å². The predicted molar refractivity (Wildman–Crippen MR) is 74.9 cm³/mol. The molecular weight excluding hydrogens is 314 g/mol. The van der Waals surface area contributed by atoms with Crippen molar-refractivity contribution in [3.63, 3.8) is 0 Å². The molecule has 0 N–H and O–H groups in total. The number of hydrogen-bond donors (Lipinski definition) is 0. The zero-order valence-electron chi connectivity index (χ0n) is 9.63. The van der Waals surface area contributed by atoms with Crippen molar-refractivity contribution in [3.05, 3.63) is 29.6 Å². The third-order valence-corrected chi connectivity index (χ3v) is 4.52. The summed E-state index contributed by atoms with van der Waals surface area (Å²) < 4.78 is 6.36. The molecule has 0 saturated heterocycles. The monoisotopic (exact) mass is 323 g/mol. The van der Waals surface area contributed by atoms with E-state index in [0.29, 0.717) is 11.7 Å². The van der Waals surface area contributed by atoms with E-state index in [1.807, 2.05) is 17.5 Å². The molecule has 0 saturated carbocycles. The lowest BCUT2D eigenvalue weighted by Gasteiger charge is -1.96. The number of rotatable bonds is 3. The summed E-state index contributed by atoms with van der Waals surface area (Å²) in [4.78, 5) is 8.86. The van der Waals surface area contributed by atoms with Crippen LogP contribution >= 0.6 is 27.3 Å². The molecule has 0 bridgehead atoms. The van der Waals surface area contributed by atoms with E-state index in [1.165, 1.54) is 0 Å². The average Bonchev–Trinajstić information content (AvgIpc) is 3.05. The third kappa shape index (κ3) is 2.06. The summed E-state index contributed by atoms with van der Waals surface area (Å²) in [5.74, 6) is 1.20. The summed E-state index contributed by atoms with van der Waals surface area (Å²) in [6, 6.07) is 4.04. The first-order valence-corrected chi connectivity index (χ1v) is 7.38. The number of nitrogens with zero attached hydrogens (tertiary/aromatic N) is 3. The number of fused-ring (bicyclic) bond motifs is 1. The van der Waals surface area contributed by atoms with Gasteiger partial charge in [-0.1, -0.05) is 28.0 Å². The fourth-order valence-corrected chi connectivity index (χ4v) is 2.59. The van der Waals surface area contributed by atoms with Crippen LogP contribution in [0.4, 0.5) is 0 Å². The van der Waals surface area contributed by atoms with E-state index in [-0.39, 0.29) is 4.83 Å². The molecule has 92 valence electrons. The van der Waals surface area contributed by atoms with Crippen LogP contribution < -0.4 is 0 Å². The van der Waals surface area contributed by atoms with Gasteiger partial charge in [0.05, 0.1) is 15.0 Å². The molecular formula is C12H10BrN3OS. The van der Waals surface area contributed by atoms with Crippen LogP contribution in [0, 0.1) is 0 Å². The van der Waals surface area contributed by atoms with Crippen molar-refractivity contribution in [1.82, 2.24) is 15.1 Å². The summed E-state index contributed by atoms with van der Waals surface area (Å²) in [6.45, 7) is 2.06. The Bertz CT molecular complexity index is 679. The SMILES string of the molecule is CCC(Br)c1nc(-c2cnc3ccsc3c2)no1. The van der Waals surface area contributed by atoms with Crippen LogP contribution in [0.1, 0.15) is 24.1 Å². The molecule has 3 rings (SSSR count). The Balaban J connectivity index is 2.00. The Morgan fingerprint density at radius 2 is 2.39 bits per heavy atom. The lowest BCUT2D eigenvalue weighted by atomic mass is 10.2. The molecule has 6 heteroatoms. The Hall–Kier alpha value is -1.27. The second-order valence-electron chi connectivity index (χ2n) is 3.86. The molecule has 18 heavy (non-hydrogen) atoms. The van der Waals surface area contributed by atoms with Crippen LogP contribution in [0.3, 0.4) is 0 Å². The van der Waals surface area contributed by atoms with Gasteiger partial charge in [-0.3, -0.25) is 4.98 Å². The highest BCUT2D eigenvalue weighted by Gasteiger charge is 2.15.